The molecule has 0 radical (unpaired) electrons. The van der Waals surface area contributed by atoms with Crippen molar-refractivity contribution in [3.8, 4) is 5.75 Å². The van der Waals surface area contributed by atoms with Gasteiger partial charge in [0.1, 0.15) is 22.6 Å². The van der Waals surface area contributed by atoms with Gasteiger partial charge in [0.2, 0.25) is 0 Å². The standard InChI is InChI=1S/C22H31ClN6O2/c1-5-7-17-20-21(29(2)28-17)22(27-19(26-20)14-24-10-6-11-30-3)25-13-15-8-9-18(31-4)16(23)12-15/h8-9,12,24H,5-7,10-11,13-14H2,1-4H3,(H,25,26,27). The van der Waals surface area contributed by atoms with Crippen molar-refractivity contribution in [3.05, 3.63) is 40.3 Å². The molecular weight excluding hydrogens is 416 g/mol. The van der Waals surface area contributed by atoms with Gasteiger partial charge in [-0.3, -0.25) is 4.68 Å². The van der Waals surface area contributed by atoms with Crippen LogP contribution in [0.2, 0.25) is 5.02 Å². The molecule has 0 unspecified atom stereocenters. The van der Waals surface area contributed by atoms with Gasteiger partial charge in [0, 0.05) is 27.3 Å². The largest absolute Gasteiger partial charge is 0.495 e. The summed E-state index contributed by atoms with van der Waals surface area (Å²) in [6.45, 7) is 4.88. The molecule has 3 aromatic rings. The minimum absolute atomic E-state index is 0.574. The number of anilines is 1. The first-order chi connectivity index (χ1) is 15.1. The Morgan fingerprint density at radius 2 is 2.00 bits per heavy atom. The number of halogens is 1. The summed E-state index contributed by atoms with van der Waals surface area (Å²) in [6.07, 6.45) is 2.83. The fourth-order valence-electron chi connectivity index (χ4n) is 3.44. The van der Waals surface area contributed by atoms with E-state index >= 15 is 0 Å². The first kappa shape index (κ1) is 23.2. The van der Waals surface area contributed by atoms with E-state index < -0.39 is 0 Å². The van der Waals surface area contributed by atoms with Crippen LogP contribution in [0.3, 0.4) is 0 Å². The summed E-state index contributed by atoms with van der Waals surface area (Å²) in [5.41, 5.74) is 3.85. The number of methoxy groups -OCH3 is 2. The van der Waals surface area contributed by atoms with Gasteiger partial charge in [-0.15, -0.1) is 0 Å². The first-order valence-corrected chi connectivity index (χ1v) is 10.9. The molecule has 0 aliphatic carbocycles. The molecule has 0 spiro atoms. The molecule has 31 heavy (non-hydrogen) atoms. The molecule has 0 saturated carbocycles. The van der Waals surface area contributed by atoms with Crippen LogP contribution in [0.15, 0.2) is 18.2 Å². The van der Waals surface area contributed by atoms with Gasteiger partial charge in [-0.25, -0.2) is 9.97 Å². The highest BCUT2D eigenvalue weighted by Gasteiger charge is 2.17. The molecule has 0 aliphatic rings. The van der Waals surface area contributed by atoms with Crippen molar-refractivity contribution >= 4 is 28.5 Å². The van der Waals surface area contributed by atoms with E-state index in [1.807, 2.05) is 29.9 Å². The number of aromatic nitrogens is 4. The molecule has 0 fully saturated rings. The fourth-order valence-corrected chi connectivity index (χ4v) is 3.72. The van der Waals surface area contributed by atoms with Gasteiger partial charge in [-0.05, 0) is 37.1 Å². The molecule has 0 amide bonds. The topological polar surface area (TPSA) is 86.1 Å². The Hall–Kier alpha value is -2.42. The predicted molar refractivity (Wildman–Crippen MR) is 124 cm³/mol. The first-order valence-electron chi connectivity index (χ1n) is 10.6. The third-order valence-corrected chi connectivity index (χ3v) is 5.24. The SMILES string of the molecule is CCCc1nn(C)c2c(NCc3ccc(OC)c(Cl)c3)nc(CNCCCOC)nc12. The number of ether oxygens (including phenoxy) is 2. The minimum Gasteiger partial charge on any atom is -0.495 e. The minimum atomic E-state index is 0.574. The maximum absolute atomic E-state index is 6.28. The van der Waals surface area contributed by atoms with E-state index in [4.69, 9.17) is 36.1 Å². The molecule has 1 aromatic carbocycles. The number of nitrogens with one attached hydrogen (secondary N) is 2. The quantitative estimate of drug-likeness (QED) is 0.410. The molecule has 0 aliphatic heterocycles. The van der Waals surface area contributed by atoms with Crippen LogP contribution >= 0.6 is 11.6 Å². The smallest absolute Gasteiger partial charge is 0.156 e. The second-order valence-electron chi connectivity index (χ2n) is 7.35. The fraction of sp³-hybridized carbons (Fsp3) is 0.500. The predicted octanol–water partition coefficient (Wildman–Crippen LogP) is 3.72. The Morgan fingerprint density at radius 1 is 1.16 bits per heavy atom. The Labute approximate surface area is 188 Å². The highest BCUT2D eigenvalue weighted by Crippen LogP contribution is 2.27. The monoisotopic (exact) mass is 446 g/mol. The van der Waals surface area contributed by atoms with Crippen LogP contribution in [0.4, 0.5) is 5.82 Å². The molecule has 8 nitrogen and oxygen atoms in total. The van der Waals surface area contributed by atoms with Crippen LogP contribution in [-0.2, 0) is 31.3 Å². The number of nitrogens with zero attached hydrogens (tertiary/aromatic N) is 4. The van der Waals surface area contributed by atoms with Crippen LogP contribution in [0.25, 0.3) is 11.0 Å². The third-order valence-electron chi connectivity index (χ3n) is 4.95. The van der Waals surface area contributed by atoms with Crippen molar-refractivity contribution in [3.63, 3.8) is 0 Å². The molecule has 0 saturated heterocycles. The lowest BCUT2D eigenvalue weighted by Crippen LogP contribution is -2.18. The second kappa shape index (κ2) is 11.3. The highest BCUT2D eigenvalue weighted by molar-refractivity contribution is 6.32. The van der Waals surface area contributed by atoms with Gasteiger partial charge in [-0.2, -0.15) is 5.10 Å². The molecule has 168 valence electrons. The lowest BCUT2D eigenvalue weighted by atomic mass is 10.2. The van der Waals surface area contributed by atoms with E-state index in [2.05, 4.69) is 17.6 Å². The molecule has 2 aromatic heterocycles. The van der Waals surface area contributed by atoms with Gasteiger partial charge in [0.05, 0.1) is 24.4 Å². The molecule has 0 bridgehead atoms. The van der Waals surface area contributed by atoms with Crippen molar-refractivity contribution in [1.29, 1.82) is 0 Å². The van der Waals surface area contributed by atoms with Crippen molar-refractivity contribution in [2.75, 3.05) is 32.7 Å². The van der Waals surface area contributed by atoms with E-state index in [1.54, 1.807) is 14.2 Å². The van der Waals surface area contributed by atoms with E-state index in [-0.39, 0.29) is 0 Å². The maximum atomic E-state index is 6.28. The summed E-state index contributed by atoms with van der Waals surface area (Å²) in [5.74, 6) is 2.17. The van der Waals surface area contributed by atoms with Crippen molar-refractivity contribution in [2.45, 2.75) is 39.3 Å². The van der Waals surface area contributed by atoms with Gasteiger partial charge in [0.25, 0.3) is 0 Å². The van der Waals surface area contributed by atoms with Gasteiger partial charge < -0.3 is 20.1 Å². The normalized spacial score (nSPS) is 11.3. The van der Waals surface area contributed by atoms with Crippen LogP contribution in [0.5, 0.6) is 5.75 Å². The summed E-state index contributed by atoms with van der Waals surface area (Å²) < 4.78 is 12.2. The number of hydrogen-bond acceptors (Lipinski definition) is 7. The maximum Gasteiger partial charge on any atom is 0.156 e. The molecule has 3 rings (SSSR count). The van der Waals surface area contributed by atoms with Gasteiger partial charge in [-0.1, -0.05) is 31.0 Å². The van der Waals surface area contributed by atoms with E-state index in [0.717, 1.165) is 66.3 Å². The molecule has 9 heteroatoms. The van der Waals surface area contributed by atoms with Gasteiger partial charge >= 0.3 is 0 Å². The Morgan fingerprint density at radius 3 is 2.71 bits per heavy atom. The summed E-state index contributed by atoms with van der Waals surface area (Å²) >= 11 is 6.28. The van der Waals surface area contributed by atoms with Crippen LogP contribution in [0.1, 0.15) is 36.8 Å². The zero-order chi connectivity index (χ0) is 22.2. The Bertz CT molecular complexity index is 1010. The zero-order valence-corrected chi connectivity index (χ0v) is 19.4. The lowest BCUT2D eigenvalue weighted by Gasteiger charge is -2.12. The number of benzene rings is 1. The second-order valence-corrected chi connectivity index (χ2v) is 7.76. The average Bonchev–Trinajstić information content (AvgIpc) is 3.07. The van der Waals surface area contributed by atoms with Crippen LogP contribution < -0.4 is 15.4 Å². The molecule has 0 atom stereocenters. The average molecular weight is 447 g/mol. The number of hydrogen-bond donors (Lipinski definition) is 2. The molecular formula is C22H31ClN6O2. The van der Waals surface area contributed by atoms with Crippen LogP contribution in [0, 0.1) is 0 Å². The van der Waals surface area contributed by atoms with E-state index in [1.165, 1.54) is 0 Å². The third kappa shape index (κ3) is 5.84. The summed E-state index contributed by atoms with van der Waals surface area (Å²) in [5, 5.41) is 12.1. The molecule has 2 N–H and O–H groups in total. The highest BCUT2D eigenvalue weighted by atomic mass is 35.5. The summed E-state index contributed by atoms with van der Waals surface area (Å²) in [4.78, 5) is 9.61. The van der Waals surface area contributed by atoms with Crippen LogP contribution in [-0.4, -0.2) is 47.1 Å². The molecule has 2 heterocycles. The lowest BCUT2D eigenvalue weighted by molar-refractivity contribution is 0.194. The van der Waals surface area contributed by atoms with Crippen molar-refractivity contribution in [2.24, 2.45) is 7.05 Å². The number of rotatable bonds is 12. The Balaban J connectivity index is 1.85. The number of aryl methyl sites for hydroxylation is 2. The number of fused-ring (bicyclic) bond motifs is 1. The van der Waals surface area contributed by atoms with E-state index in [0.29, 0.717) is 23.9 Å². The Kier molecular flexibility index (Phi) is 8.45. The zero-order valence-electron chi connectivity index (χ0n) is 18.7. The van der Waals surface area contributed by atoms with Crippen molar-refractivity contribution < 1.29 is 9.47 Å². The van der Waals surface area contributed by atoms with Gasteiger partial charge in [0.15, 0.2) is 5.82 Å². The van der Waals surface area contributed by atoms with Crippen molar-refractivity contribution in [1.82, 2.24) is 25.1 Å². The summed E-state index contributed by atoms with van der Waals surface area (Å²) in [7, 11) is 5.25. The van der Waals surface area contributed by atoms with E-state index in [9.17, 15) is 0 Å². The summed E-state index contributed by atoms with van der Waals surface area (Å²) in [6, 6.07) is 5.75.